The first kappa shape index (κ1) is 18.9. The number of halogens is 1. The monoisotopic (exact) mass is 395 g/mol. The fourth-order valence-electron chi connectivity index (χ4n) is 2.86. The number of nitrogens with zero attached hydrogens (tertiary/aromatic N) is 2. The first-order valence-electron chi connectivity index (χ1n) is 8.57. The van der Waals surface area contributed by atoms with Gasteiger partial charge in [0.15, 0.2) is 5.13 Å². The highest BCUT2D eigenvalue weighted by molar-refractivity contribution is 7.22. The predicted molar refractivity (Wildman–Crippen MR) is 104 cm³/mol. The van der Waals surface area contributed by atoms with Crippen molar-refractivity contribution >= 4 is 50.3 Å². The molecule has 1 saturated heterocycles. The molecule has 140 valence electrons. The van der Waals surface area contributed by atoms with Crippen LogP contribution in [0.1, 0.15) is 33.6 Å². The summed E-state index contributed by atoms with van der Waals surface area (Å²) in [7, 11) is 0. The number of amides is 2. The molecule has 2 amide bonds. The second-order valence-electron chi connectivity index (χ2n) is 7.36. The molecule has 6 nitrogen and oxygen atoms in total. The molecule has 1 aromatic heterocycles. The van der Waals surface area contributed by atoms with E-state index in [2.05, 4.69) is 10.3 Å². The second-order valence-corrected chi connectivity index (χ2v) is 8.80. The third-order valence-corrected chi connectivity index (χ3v) is 5.28. The zero-order valence-corrected chi connectivity index (χ0v) is 16.6. The van der Waals surface area contributed by atoms with E-state index >= 15 is 0 Å². The lowest BCUT2D eigenvalue weighted by Gasteiger charge is -2.33. The summed E-state index contributed by atoms with van der Waals surface area (Å²) < 4.78 is 6.33. The largest absolute Gasteiger partial charge is 0.444 e. The minimum atomic E-state index is -0.549. The third-order valence-electron chi connectivity index (χ3n) is 4.04. The molecular formula is C18H22ClN3O3S. The molecule has 2 heterocycles. The Bertz CT molecular complexity index is 831. The molecule has 0 spiro atoms. The molecule has 0 aliphatic carbocycles. The highest BCUT2D eigenvalue weighted by Crippen LogP contribution is 2.31. The Labute approximate surface area is 161 Å². The van der Waals surface area contributed by atoms with Gasteiger partial charge in [-0.25, -0.2) is 9.78 Å². The van der Waals surface area contributed by atoms with Gasteiger partial charge in [-0.3, -0.25) is 4.79 Å². The molecule has 1 N–H and O–H groups in total. The molecule has 1 atom stereocenters. The molecule has 1 aliphatic rings. The maximum absolute atomic E-state index is 12.6. The number of fused-ring (bicyclic) bond motifs is 1. The van der Waals surface area contributed by atoms with Gasteiger partial charge in [-0.2, -0.15) is 0 Å². The number of likely N-dealkylation sites (tertiary alicyclic amines) is 1. The standard InChI is InChI=1S/C18H22ClN3O3S/c1-18(2,3)25-17(24)22-9-5-6-11(10-22)15(23)21-16-20-14-12(19)7-4-8-13(14)26-16/h4,7-8,11H,5-6,9-10H2,1-3H3,(H,20,21,23). The Balaban J connectivity index is 1.65. The van der Waals surface area contributed by atoms with Gasteiger partial charge in [-0.15, -0.1) is 0 Å². The van der Waals surface area contributed by atoms with Crippen molar-refractivity contribution in [2.24, 2.45) is 5.92 Å². The van der Waals surface area contributed by atoms with Crippen molar-refractivity contribution in [3.8, 4) is 0 Å². The molecule has 1 aliphatic heterocycles. The van der Waals surface area contributed by atoms with E-state index in [0.717, 1.165) is 17.5 Å². The van der Waals surface area contributed by atoms with Crippen molar-refractivity contribution in [2.45, 2.75) is 39.2 Å². The Kier molecular flexibility index (Phi) is 5.39. The highest BCUT2D eigenvalue weighted by Gasteiger charge is 2.31. The minimum absolute atomic E-state index is 0.131. The van der Waals surface area contributed by atoms with Gasteiger partial charge in [-0.05, 0) is 45.7 Å². The summed E-state index contributed by atoms with van der Waals surface area (Å²) in [6.07, 6.45) is 1.13. The summed E-state index contributed by atoms with van der Waals surface area (Å²) in [4.78, 5) is 30.9. The number of carbonyl (C=O) groups is 2. The van der Waals surface area contributed by atoms with Crippen LogP contribution in [0.5, 0.6) is 0 Å². The number of nitrogens with one attached hydrogen (secondary N) is 1. The van der Waals surface area contributed by atoms with Gasteiger partial charge in [0.2, 0.25) is 5.91 Å². The number of thiazole rings is 1. The van der Waals surface area contributed by atoms with Crippen LogP contribution in [0.4, 0.5) is 9.93 Å². The lowest BCUT2D eigenvalue weighted by atomic mass is 9.97. The molecular weight excluding hydrogens is 374 g/mol. The molecule has 1 unspecified atom stereocenters. The van der Waals surface area contributed by atoms with Crippen LogP contribution in [0.15, 0.2) is 18.2 Å². The first-order valence-corrected chi connectivity index (χ1v) is 9.76. The van der Waals surface area contributed by atoms with Gasteiger partial charge in [0.25, 0.3) is 0 Å². The molecule has 1 fully saturated rings. The second kappa shape index (κ2) is 7.40. The number of benzene rings is 1. The molecule has 1 aromatic carbocycles. The molecule has 26 heavy (non-hydrogen) atoms. The van der Waals surface area contributed by atoms with Crippen LogP contribution in [-0.2, 0) is 9.53 Å². The van der Waals surface area contributed by atoms with E-state index in [1.165, 1.54) is 11.3 Å². The van der Waals surface area contributed by atoms with Crippen LogP contribution in [0, 0.1) is 5.92 Å². The topological polar surface area (TPSA) is 71.5 Å². The number of carbonyl (C=O) groups excluding carboxylic acids is 2. The maximum atomic E-state index is 12.6. The SMILES string of the molecule is CC(C)(C)OC(=O)N1CCCC(C(=O)Nc2nc3c(Cl)cccc3s2)C1. The van der Waals surface area contributed by atoms with Gasteiger partial charge < -0.3 is 15.0 Å². The summed E-state index contributed by atoms with van der Waals surface area (Å²) in [6.45, 7) is 6.45. The summed E-state index contributed by atoms with van der Waals surface area (Å²) in [5.41, 5.74) is 0.139. The third kappa shape index (κ3) is 4.45. The Morgan fingerprint density at radius 3 is 2.85 bits per heavy atom. The fraction of sp³-hybridized carbons (Fsp3) is 0.500. The number of ether oxygens (including phenoxy) is 1. The van der Waals surface area contributed by atoms with E-state index < -0.39 is 5.60 Å². The van der Waals surface area contributed by atoms with Gasteiger partial charge in [0.1, 0.15) is 11.1 Å². The minimum Gasteiger partial charge on any atom is -0.444 e. The molecule has 0 saturated carbocycles. The molecule has 0 radical (unpaired) electrons. The average molecular weight is 396 g/mol. The van der Waals surface area contributed by atoms with Gasteiger partial charge in [0.05, 0.1) is 15.6 Å². The summed E-state index contributed by atoms with van der Waals surface area (Å²) >= 11 is 7.52. The first-order chi connectivity index (χ1) is 12.2. The normalized spacial score (nSPS) is 18.0. The summed E-state index contributed by atoms with van der Waals surface area (Å²) in [5.74, 6) is -0.410. The average Bonchev–Trinajstić information content (AvgIpc) is 2.97. The lowest BCUT2D eigenvalue weighted by Crippen LogP contribution is -2.45. The van der Waals surface area contributed by atoms with Crippen LogP contribution in [-0.4, -0.2) is 40.6 Å². The number of para-hydroxylation sites is 1. The summed E-state index contributed by atoms with van der Waals surface area (Å²) in [6, 6.07) is 5.54. The van der Waals surface area contributed by atoms with Crippen LogP contribution in [0.25, 0.3) is 10.2 Å². The molecule has 8 heteroatoms. The number of anilines is 1. The summed E-state index contributed by atoms with van der Waals surface area (Å²) in [5, 5.41) is 3.95. The lowest BCUT2D eigenvalue weighted by molar-refractivity contribution is -0.121. The van der Waals surface area contributed by atoms with E-state index in [-0.39, 0.29) is 17.9 Å². The number of hydrogen-bond donors (Lipinski definition) is 1. The van der Waals surface area contributed by atoms with E-state index in [0.29, 0.717) is 28.8 Å². The number of aromatic nitrogens is 1. The highest BCUT2D eigenvalue weighted by atomic mass is 35.5. The zero-order chi connectivity index (χ0) is 18.9. The van der Waals surface area contributed by atoms with Crippen molar-refractivity contribution in [2.75, 3.05) is 18.4 Å². The Morgan fingerprint density at radius 2 is 2.15 bits per heavy atom. The number of piperidine rings is 1. The van der Waals surface area contributed by atoms with Gasteiger partial charge >= 0.3 is 6.09 Å². The van der Waals surface area contributed by atoms with Crippen LogP contribution in [0.2, 0.25) is 5.02 Å². The van der Waals surface area contributed by atoms with E-state index in [9.17, 15) is 9.59 Å². The van der Waals surface area contributed by atoms with Gasteiger partial charge in [0, 0.05) is 13.1 Å². The van der Waals surface area contributed by atoms with Crippen molar-refractivity contribution in [1.82, 2.24) is 9.88 Å². The Morgan fingerprint density at radius 1 is 1.38 bits per heavy atom. The van der Waals surface area contributed by atoms with Crippen molar-refractivity contribution in [3.63, 3.8) is 0 Å². The van der Waals surface area contributed by atoms with E-state index in [1.807, 2.05) is 32.9 Å². The van der Waals surface area contributed by atoms with Crippen molar-refractivity contribution in [3.05, 3.63) is 23.2 Å². The van der Waals surface area contributed by atoms with Crippen LogP contribution < -0.4 is 5.32 Å². The molecule has 3 rings (SSSR count). The fourth-order valence-corrected chi connectivity index (χ4v) is 4.03. The maximum Gasteiger partial charge on any atom is 0.410 e. The van der Waals surface area contributed by atoms with Crippen LogP contribution in [0.3, 0.4) is 0 Å². The Hall–Kier alpha value is -1.86. The molecule has 2 aromatic rings. The number of rotatable bonds is 2. The van der Waals surface area contributed by atoms with Crippen molar-refractivity contribution < 1.29 is 14.3 Å². The smallest absolute Gasteiger partial charge is 0.410 e. The quantitative estimate of drug-likeness (QED) is 0.810. The molecule has 0 bridgehead atoms. The zero-order valence-electron chi connectivity index (χ0n) is 15.0. The van der Waals surface area contributed by atoms with Gasteiger partial charge in [-0.1, -0.05) is 29.0 Å². The van der Waals surface area contributed by atoms with E-state index in [4.69, 9.17) is 16.3 Å². The van der Waals surface area contributed by atoms with Crippen LogP contribution >= 0.6 is 22.9 Å². The number of hydrogen-bond acceptors (Lipinski definition) is 5. The van der Waals surface area contributed by atoms with Crippen molar-refractivity contribution in [1.29, 1.82) is 0 Å². The van der Waals surface area contributed by atoms with E-state index in [1.54, 1.807) is 11.0 Å². The predicted octanol–water partition coefficient (Wildman–Crippen LogP) is 4.54.